The van der Waals surface area contributed by atoms with Crippen LogP contribution in [-0.4, -0.2) is 31.7 Å². The van der Waals surface area contributed by atoms with Gasteiger partial charge in [-0.25, -0.2) is 0 Å². The minimum Gasteiger partial charge on any atom is -0.378 e. The van der Waals surface area contributed by atoms with Crippen LogP contribution in [0.1, 0.15) is 19.3 Å². The first-order chi connectivity index (χ1) is 7.36. The van der Waals surface area contributed by atoms with Crippen LogP contribution in [0.15, 0.2) is 23.8 Å². The number of hydrogen-bond donors (Lipinski definition) is 0. The molecule has 1 fully saturated rings. The molecule has 0 aromatic rings. The lowest BCUT2D eigenvalue weighted by atomic mass is 10.1. The monoisotopic (exact) mass is 208 g/mol. The Bertz CT molecular complexity index is 291. The summed E-state index contributed by atoms with van der Waals surface area (Å²) < 4.78 is 10.8. The maximum Gasteiger partial charge on any atom is 0.166 e. The highest BCUT2D eigenvalue weighted by Gasteiger charge is 2.23. The van der Waals surface area contributed by atoms with E-state index < -0.39 is 0 Å². The van der Waals surface area contributed by atoms with Gasteiger partial charge in [0, 0.05) is 6.42 Å². The summed E-state index contributed by atoms with van der Waals surface area (Å²) in [5.41, 5.74) is 1.26. The molecule has 1 saturated heterocycles. The maximum atomic E-state index is 11.4. The van der Waals surface area contributed by atoms with Crippen LogP contribution < -0.4 is 0 Å². The third-order valence-electron chi connectivity index (χ3n) is 2.69. The van der Waals surface area contributed by atoms with E-state index in [1.54, 1.807) is 0 Å². The van der Waals surface area contributed by atoms with Crippen LogP contribution in [-0.2, 0) is 14.3 Å². The summed E-state index contributed by atoms with van der Waals surface area (Å²) in [5.74, 6) is 0.174. The van der Waals surface area contributed by atoms with E-state index in [0.29, 0.717) is 26.2 Å². The van der Waals surface area contributed by atoms with Gasteiger partial charge in [0.25, 0.3) is 0 Å². The van der Waals surface area contributed by atoms with Crippen molar-refractivity contribution in [1.29, 1.82) is 0 Å². The number of carbonyl (C=O) groups excluding carboxylic acids is 1. The highest BCUT2D eigenvalue weighted by atomic mass is 16.5. The summed E-state index contributed by atoms with van der Waals surface area (Å²) in [7, 11) is 0. The minimum absolute atomic E-state index is 0.174. The largest absolute Gasteiger partial charge is 0.378 e. The fourth-order valence-electron chi connectivity index (χ4n) is 1.74. The summed E-state index contributed by atoms with van der Waals surface area (Å²) in [6, 6.07) is 0. The van der Waals surface area contributed by atoms with Gasteiger partial charge < -0.3 is 9.47 Å². The van der Waals surface area contributed by atoms with Gasteiger partial charge in [-0.05, 0) is 18.4 Å². The van der Waals surface area contributed by atoms with Crippen molar-refractivity contribution in [3.05, 3.63) is 23.8 Å². The summed E-state index contributed by atoms with van der Waals surface area (Å²) in [5, 5.41) is 0. The maximum absolute atomic E-state index is 11.4. The quantitative estimate of drug-likeness (QED) is 0.707. The van der Waals surface area contributed by atoms with Crippen molar-refractivity contribution < 1.29 is 14.3 Å². The molecule has 0 bridgehead atoms. The Morgan fingerprint density at radius 3 is 3.13 bits per heavy atom. The van der Waals surface area contributed by atoms with E-state index >= 15 is 0 Å². The Morgan fingerprint density at radius 1 is 1.47 bits per heavy atom. The number of rotatable bonds is 3. The molecule has 0 spiro atoms. The van der Waals surface area contributed by atoms with Gasteiger partial charge in [0.15, 0.2) is 5.78 Å². The first-order valence-electron chi connectivity index (χ1n) is 5.43. The van der Waals surface area contributed by atoms with Crippen LogP contribution >= 0.6 is 0 Å². The van der Waals surface area contributed by atoms with Crippen LogP contribution in [0.2, 0.25) is 0 Å². The molecule has 0 aromatic carbocycles. The van der Waals surface area contributed by atoms with Gasteiger partial charge in [-0.15, -0.1) is 0 Å². The highest BCUT2D eigenvalue weighted by molar-refractivity contribution is 5.83. The van der Waals surface area contributed by atoms with Crippen molar-refractivity contribution in [3.63, 3.8) is 0 Å². The zero-order valence-corrected chi connectivity index (χ0v) is 8.78. The summed E-state index contributed by atoms with van der Waals surface area (Å²) in [4.78, 5) is 11.4. The fourth-order valence-corrected chi connectivity index (χ4v) is 1.74. The second-order valence-electron chi connectivity index (χ2n) is 3.88. The Labute approximate surface area is 89.8 Å². The lowest BCUT2D eigenvalue weighted by molar-refractivity contribution is -0.141. The number of ketones is 1. The molecule has 1 aliphatic heterocycles. The van der Waals surface area contributed by atoms with E-state index in [1.165, 1.54) is 5.57 Å². The molecule has 0 N–H and O–H groups in total. The summed E-state index contributed by atoms with van der Waals surface area (Å²) in [6.07, 6.45) is 8.51. The number of Topliss-reactive ketones (excluding diaryl/α,β-unsaturated/α-hetero) is 1. The molecule has 2 rings (SSSR count). The average Bonchev–Trinajstić information content (AvgIpc) is 2.29. The number of ether oxygens (including phenoxy) is 2. The third kappa shape index (κ3) is 3.01. The smallest absolute Gasteiger partial charge is 0.166 e. The van der Waals surface area contributed by atoms with Crippen molar-refractivity contribution in [1.82, 2.24) is 0 Å². The molecular weight excluding hydrogens is 192 g/mol. The molecule has 0 amide bonds. The second kappa shape index (κ2) is 5.24. The lowest BCUT2D eigenvalue weighted by Crippen LogP contribution is -2.35. The Kier molecular flexibility index (Phi) is 3.69. The summed E-state index contributed by atoms with van der Waals surface area (Å²) in [6.45, 7) is 1.52. The van der Waals surface area contributed by atoms with Gasteiger partial charge in [-0.2, -0.15) is 0 Å². The number of allylic oxidation sites excluding steroid dienone is 3. The molecular formula is C12H16O3. The van der Waals surface area contributed by atoms with E-state index in [9.17, 15) is 4.79 Å². The van der Waals surface area contributed by atoms with Crippen LogP contribution in [0.5, 0.6) is 0 Å². The fraction of sp³-hybridized carbons (Fsp3) is 0.583. The van der Waals surface area contributed by atoms with Crippen LogP contribution in [0.4, 0.5) is 0 Å². The van der Waals surface area contributed by atoms with Gasteiger partial charge >= 0.3 is 0 Å². The zero-order valence-electron chi connectivity index (χ0n) is 8.78. The molecule has 1 aliphatic carbocycles. The standard InChI is InChI=1S/C12H16O3/c13-11-6-7-14-9-12(11)15-8-10-4-2-1-3-5-10/h1-2,4,12H,3,5-9H2. The van der Waals surface area contributed by atoms with E-state index in [1.807, 2.05) is 6.08 Å². The van der Waals surface area contributed by atoms with Crippen LogP contribution in [0.25, 0.3) is 0 Å². The Morgan fingerprint density at radius 2 is 2.40 bits per heavy atom. The van der Waals surface area contributed by atoms with Crippen molar-refractivity contribution >= 4 is 5.78 Å². The highest BCUT2D eigenvalue weighted by Crippen LogP contribution is 2.14. The SMILES string of the molecule is O=C1CCOCC1OCC1=CC=CCC1. The molecule has 82 valence electrons. The van der Waals surface area contributed by atoms with E-state index in [0.717, 1.165) is 12.8 Å². The van der Waals surface area contributed by atoms with Crippen molar-refractivity contribution in [2.24, 2.45) is 0 Å². The second-order valence-corrected chi connectivity index (χ2v) is 3.88. The average molecular weight is 208 g/mol. The molecule has 1 unspecified atom stereocenters. The molecule has 0 saturated carbocycles. The van der Waals surface area contributed by atoms with Gasteiger partial charge in [-0.1, -0.05) is 18.2 Å². The molecule has 3 nitrogen and oxygen atoms in total. The Balaban J connectivity index is 1.79. The van der Waals surface area contributed by atoms with Gasteiger partial charge in [0.1, 0.15) is 6.10 Å². The molecule has 0 aromatic heterocycles. The van der Waals surface area contributed by atoms with E-state index in [-0.39, 0.29) is 11.9 Å². The third-order valence-corrected chi connectivity index (χ3v) is 2.69. The van der Waals surface area contributed by atoms with E-state index in [4.69, 9.17) is 9.47 Å². The van der Waals surface area contributed by atoms with Crippen LogP contribution in [0.3, 0.4) is 0 Å². The molecule has 1 atom stereocenters. The van der Waals surface area contributed by atoms with Gasteiger partial charge in [0.05, 0.1) is 19.8 Å². The minimum atomic E-state index is -0.342. The number of carbonyl (C=O) groups is 1. The van der Waals surface area contributed by atoms with E-state index in [2.05, 4.69) is 12.2 Å². The lowest BCUT2D eigenvalue weighted by Gasteiger charge is -2.22. The van der Waals surface area contributed by atoms with Gasteiger partial charge in [0.2, 0.25) is 0 Å². The molecule has 0 radical (unpaired) electrons. The first kappa shape index (κ1) is 10.6. The Hall–Kier alpha value is -0.930. The van der Waals surface area contributed by atoms with Crippen molar-refractivity contribution in [3.8, 4) is 0 Å². The van der Waals surface area contributed by atoms with Crippen LogP contribution in [0, 0.1) is 0 Å². The van der Waals surface area contributed by atoms with Crippen molar-refractivity contribution in [2.45, 2.75) is 25.4 Å². The molecule has 1 heterocycles. The van der Waals surface area contributed by atoms with Gasteiger partial charge in [-0.3, -0.25) is 4.79 Å². The normalized spacial score (nSPS) is 26.5. The predicted molar refractivity (Wildman–Crippen MR) is 56.6 cm³/mol. The first-order valence-corrected chi connectivity index (χ1v) is 5.43. The predicted octanol–water partition coefficient (Wildman–Crippen LogP) is 1.64. The topological polar surface area (TPSA) is 35.5 Å². The van der Waals surface area contributed by atoms with Crippen molar-refractivity contribution in [2.75, 3.05) is 19.8 Å². The molecule has 3 heteroatoms. The molecule has 2 aliphatic rings. The zero-order chi connectivity index (χ0) is 10.5. The number of hydrogen-bond acceptors (Lipinski definition) is 3. The molecule has 15 heavy (non-hydrogen) atoms. The summed E-state index contributed by atoms with van der Waals surface area (Å²) >= 11 is 0.